The van der Waals surface area contributed by atoms with E-state index in [1.807, 2.05) is 12.1 Å². The van der Waals surface area contributed by atoms with Crippen molar-refractivity contribution >= 4 is 52.9 Å². The van der Waals surface area contributed by atoms with Gasteiger partial charge < -0.3 is 36.4 Å². The van der Waals surface area contributed by atoms with Crippen LogP contribution < -0.4 is 31.3 Å². The van der Waals surface area contributed by atoms with Gasteiger partial charge in [0.25, 0.3) is 5.91 Å². The van der Waals surface area contributed by atoms with Gasteiger partial charge in [-0.1, -0.05) is 35.9 Å². The number of anilines is 3. The quantitative estimate of drug-likeness (QED) is 0.0805. The maximum absolute atomic E-state index is 13.3. The summed E-state index contributed by atoms with van der Waals surface area (Å²) in [7, 11) is 0. The number of ether oxygens (including phenoxy) is 1. The predicted molar refractivity (Wildman–Crippen MR) is 177 cm³/mol. The number of aliphatic carboxylic acids is 1. The first-order valence-corrected chi connectivity index (χ1v) is 15.8. The second kappa shape index (κ2) is 15.9. The fraction of sp³-hybridized carbons (Fsp3) is 0.242. The number of nitrogens with zero attached hydrogens (tertiary/aromatic N) is 3. The summed E-state index contributed by atoms with van der Waals surface area (Å²) in [5.41, 5.74) is 0.980. The Hall–Kier alpha value is -6.04. The van der Waals surface area contributed by atoms with E-state index in [-0.39, 0.29) is 24.0 Å². The van der Waals surface area contributed by atoms with E-state index >= 15 is 0 Å². The molecule has 1 atom stereocenters. The van der Waals surface area contributed by atoms with Crippen LogP contribution in [0, 0.1) is 5.82 Å². The van der Waals surface area contributed by atoms with Crippen LogP contribution in [0.4, 0.5) is 35.1 Å². The monoisotopic (exact) mass is 744 g/mol. The Labute approximate surface area is 297 Å². The highest BCUT2D eigenvalue weighted by atomic mass is 35.5. The molecular formula is C33H29ClF4N8O6. The van der Waals surface area contributed by atoms with Crippen molar-refractivity contribution in [3.8, 4) is 6.01 Å². The SMILES string of the molecule is O=C(NCc1cccc(F)c1)C(=O)NC[C@H](NC(=O)c1ccc(Nc2nc(NC3(c4ccc(Cl)cc4)CC3)nc(OCC(F)(F)F)n2)cc1)C(=O)O. The van der Waals surface area contributed by atoms with Gasteiger partial charge in [-0.2, -0.15) is 28.1 Å². The molecular weight excluding hydrogens is 716 g/mol. The van der Waals surface area contributed by atoms with Gasteiger partial charge in [0.15, 0.2) is 6.61 Å². The van der Waals surface area contributed by atoms with Gasteiger partial charge in [0, 0.05) is 29.4 Å². The van der Waals surface area contributed by atoms with E-state index in [0.29, 0.717) is 29.1 Å². The van der Waals surface area contributed by atoms with Crippen molar-refractivity contribution in [3.63, 3.8) is 0 Å². The number of aromatic nitrogens is 3. The van der Waals surface area contributed by atoms with Crippen LogP contribution in [0.1, 0.15) is 34.3 Å². The number of alkyl halides is 3. The molecule has 0 unspecified atom stereocenters. The zero-order valence-electron chi connectivity index (χ0n) is 26.8. The highest BCUT2D eigenvalue weighted by Crippen LogP contribution is 2.48. The Bertz CT molecular complexity index is 1950. The van der Waals surface area contributed by atoms with Gasteiger partial charge in [0.05, 0.1) is 5.54 Å². The summed E-state index contributed by atoms with van der Waals surface area (Å²) in [5, 5.41) is 22.7. The molecule has 1 aliphatic rings. The molecule has 272 valence electrons. The summed E-state index contributed by atoms with van der Waals surface area (Å²) in [6, 6.07) is 15.6. The summed E-state index contributed by atoms with van der Waals surface area (Å²) < 4.78 is 56.8. The smallest absolute Gasteiger partial charge is 0.422 e. The number of amides is 3. The minimum Gasteiger partial charge on any atom is -0.480 e. The predicted octanol–water partition coefficient (Wildman–Crippen LogP) is 4.07. The number of rotatable bonds is 14. The summed E-state index contributed by atoms with van der Waals surface area (Å²) in [6.07, 6.45) is -3.28. The summed E-state index contributed by atoms with van der Waals surface area (Å²) in [5.74, 6) is -5.38. The van der Waals surface area contributed by atoms with E-state index in [4.69, 9.17) is 16.3 Å². The van der Waals surface area contributed by atoms with E-state index in [1.54, 1.807) is 12.1 Å². The third-order valence-corrected chi connectivity index (χ3v) is 7.75. The highest BCUT2D eigenvalue weighted by Gasteiger charge is 2.45. The number of halogens is 5. The number of carbonyl (C=O) groups is 4. The Morgan fingerprint density at radius 2 is 1.58 bits per heavy atom. The fourth-order valence-electron chi connectivity index (χ4n) is 4.73. The molecule has 52 heavy (non-hydrogen) atoms. The number of carboxylic acids is 1. The largest absolute Gasteiger partial charge is 0.480 e. The molecule has 14 nitrogen and oxygen atoms in total. The molecule has 1 aliphatic carbocycles. The van der Waals surface area contributed by atoms with Crippen LogP contribution in [-0.4, -0.2) is 69.1 Å². The highest BCUT2D eigenvalue weighted by molar-refractivity contribution is 6.35. The third kappa shape index (κ3) is 10.5. The lowest BCUT2D eigenvalue weighted by atomic mass is 10.1. The van der Waals surface area contributed by atoms with Crippen molar-refractivity contribution in [2.45, 2.75) is 37.1 Å². The van der Waals surface area contributed by atoms with Crippen LogP contribution in [-0.2, 0) is 26.5 Å². The van der Waals surface area contributed by atoms with Gasteiger partial charge in [0.1, 0.15) is 11.9 Å². The normalized spacial score (nSPS) is 13.6. The molecule has 3 aromatic carbocycles. The lowest BCUT2D eigenvalue weighted by Crippen LogP contribution is -2.50. The zero-order valence-corrected chi connectivity index (χ0v) is 27.5. The standard InChI is InChI=1S/C33H29ClF4N8O6/c34-21-8-6-20(7-9-21)32(12-13-32)46-30-43-29(44-31(45-30)52-17-33(36,37)38)41-23-10-4-19(5-11-23)25(47)42-24(28(50)51)16-40-27(49)26(48)39-15-18-2-1-3-22(35)14-18/h1-11,14,24H,12-13,15-17H2,(H,39,48)(H,40,49)(H,42,47)(H,50,51)(H2,41,43,44,45,46)/t24-/m0/s1. The molecule has 0 bridgehead atoms. The lowest BCUT2D eigenvalue weighted by molar-refractivity contribution is -0.154. The van der Waals surface area contributed by atoms with E-state index in [9.17, 15) is 41.8 Å². The van der Waals surface area contributed by atoms with Gasteiger partial charge in [-0.05, 0) is 72.5 Å². The maximum atomic E-state index is 13.3. The van der Waals surface area contributed by atoms with Crippen molar-refractivity contribution in [2.24, 2.45) is 0 Å². The molecule has 19 heteroatoms. The summed E-state index contributed by atoms with van der Waals surface area (Å²) in [4.78, 5) is 61.1. The van der Waals surface area contributed by atoms with Gasteiger partial charge >= 0.3 is 30.0 Å². The number of benzene rings is 3. The minimum atomic E-state index is -4.66. The van der Waals surface area contributed by atoms with Crippen molar-refractivity contribution in [3.05, 3.63) is 100 Å². The number of carboxylic acid groups (broad SMARTS) is 1. The van der Waals surface area contributed by atoms with Gasteiger partial charge in [0.2, 0.25) is 11.9 Å². The molecule has 1 fully saturated rings. The molecule has 3 amide bonds. The van der Waals surface area contributed by atoms with Crippen LogP contribution in [0.5, 0.6) is 6.01 Å². The van der Waals surface area contributed by atoms with Crippen molar-refractivity contribution in [1.82, 2.24) is 30.9 Å². The van der Waals surface area contributed by atoms with Crippen LogP contribution in [0.25, 0.3) is 0 Å². The van der Waals surface area contributed by atoms with Crippen LogP contribution in [0.2, 0.25) is 5.02 Å². The molecule has 0 aliphatic heterocycles. The van der Waals surface area contributed by atoms with E-state index in [1.165, 1.54) is 48.5 Å². The first kappa shape index (κ1) is 37.2. The molecule has 6 N–H and O–H groups in total. The number of carbonyl (C=O) groups excluding carboxylic acids is 3. The maximum Gasteiger partial charge on any atom is 0.422 e. The molecule has 4 aromatic rings. The summed E-state index contributed by atoms with van der Waals surface area (Å²) in [6.45, 7) is -2.44. The van der Waals surface area contributed by atoms with E-state index < -0.39 is 66.4 Å². The Morgan fingerprint density at radius 3 is 2.21 bits per heavy atom. The van der Waals surface area contributed by atoms with Gasteiger partial charge in [-0.25, -0.2) is 9.18 Å². The minimum absolute atomic E-state index is 0.00167. The average molecular weight is 745 g/mol. The van der Waals surface area contributed by atoms with Crippen molar-refractivity contribution in [1.29, 1.82) is 0 Å². The first-order valence-electron chi connectivity index (χ1n) is 15.4. The van der Waals surface area contributed by atoms with E-state index in [0.717, 1.165) is 5.56 Å². The number of nitrogens with one attached hydrogen (secondary N) is 5. The molecule has 1 saturated carbocycles. The van der Waals surface area contributed by atoms with Gasteiger partial charge in [-0.3, -0.25) is 14.4 Å². The molecule has 0 spiro atoms. The van der Waals surface area contributed by atoms with Crippen molar-refractivity contribution < 1.29 is 46.6 Å². The number of hydrogen-bond acceptors (Lipinski definition) is 10. The second-order valence-electron chi connectivity index (χ2n) is 11.5. The average Bonchev–Trinajstić information content (AvgIpc) is 3.88. The third-order valence-electron chi connectivity index (χ3n) is 7.50. The number of hydrogen-bond donors (Lipinski definition) is 6. The van der Waals surface area contributed by atoms with Crippen LogP contribution >= 0.6 is 11.6 Å². The van der Waals surface area contributed by atoms with E-state index in [2.05, 4.69) is 41.5 Å². The summed E-state index contributed by atoms with van der Waals surface area (Å²) >= 11 is 6.00. The van der Waals surface area contributed by atoms with Crippen LogP contribution in [0.3, 0.4) is 0 Å². The zero-order chi connectivity index (χ0) is 37.5. The molecule has 1 aromatic heterocycles. The Balaban J connectivity index is 1.20. The fourth-order valence-corrected chi connectivity index (χ4v) is 4.86. The van der Waals surface area contributed by atoms with Crippen molar-refractivity contribution in [2.75, 3.05) is 23.8 Å². The topological polar surface area (TPSA) is 197 Å². The first-order chi connectivity index (χ1) is 24.7. The molecule has 5 rings (SSSR count). The Kier molecular flexibility index (Phi) is 11.4. The molecule has 0 saturated heterocycles. The second-order valence-corrected chi connectivity index (χ2v) is 11.9. The molecule has 0 radical (unpaired) electrons. The lowest BCUT2D eigenvalue weighted by Gasteiger charge is -2.19. The molecule has 1 heterocycles. The van der Waals surface area contributed by atoms with Gasteiger partial charge in [-0.15, -0.1) is 0 Å². The van der Waals surface area contributed by atoms with Crippen LogP contribution in [0.15, 0.2) is 72.8 Å². The Morgan fingerprint density at radius 1 is 0.904 bits per heavy atom.